The van der Waals surface area contributed by atoms with Gasteiger partial charge >= 0.3 is 5.97 Å². The Bertz CT molecular complexity index is 603. The zero-order valence-corrected chi connectivity index (χ0v) is 16.0. The fraction of sp³-hybridized carbons (Fsp3) is 0.619. The van der Waals surface area contributed by atoms with Gasteiger partial charge < -0.3 is 9.64 Å². The minimum atomic E-state index is -0.316. The third-order valence-corrected chi connectivity index (χ3v) is 5.35. The average Bonchev–Trinajstić information content (AvgIpc) is 2.89. The van der Waals surface area contributed by atoms with Crippen LogP contribution in [0.4, 0.5) is 0 Å². The number of ether oxygens (including phenoxy) is 1. The highest BCUT2D eigenvalue weighted by atomic mass is 16.5. The Kier molecular flexibility index (Phi) is 7.03. The van der Waals surface area contributed by atoms with Gasteiger partial charge in [-0.25, -0.2) is 0 Å². The van der Waals surface area contributed by atoms with Gasteiger partial charge in [-0.3, -0.25) is 9.59 Å². The van der Waals surface area contributed by atoms with Crippen LogP contribution in [0.15, 0.2) is 18.2 Å². The largest absolute Gasteiger partial charge is 0.469 e. The van der Waals surface area contributed by atoms with Gasteiger partial charge in [0, 0.05) is 18.2 Å². The van der Waals surface area contributed by atoms with E-state index in [1.54, 1.807) is 0 Å². The fourth-order valence-corrected chi connectivity index (χ4v) is 3.58. The summed E-state index contributed by atoms with van der Waals surface area (Å²) < 4.78 is 4.87. The van der Waals surface area contributed by atoms with Crippen LogP contribution in [0.2, 0.25) is 0 Å². The second-order valence-electron chi connectivity index (χ2n) is 7.33. The van der Waals surface area contributed by atoms with Crippen LogP contribution >= 0.6 is 0 Å². The maximum Gasteiger partial charge on any atom is 0.310 e. The van der Waals surface area contributed by atoms with Crippen LogP contribution in [0.5, 0.6) is 0 Å². The molecular weight excluding hydrogens is 314 g/mol. The molecule has 1 aromatic rings. The first-order valence-electron chi connectivity index (χ1n) is 9.40. The van der Waals surface area contributed by atoms with E-state index < -0.39 is 0 Å². The van der Waals surface area contributed by atoms with Gasteiger partial charge in [0.15, 0.2) is 0 Å². The summed E-state index contributed by atoms with van der Waals surface area (Å²) in [5.41, 5.74) is 3.01. The molecule has 1 aliphatic carbocycles. The summed E-state index contributed by atoms with van der Waals surface area (Å²) in [6.07, 6.45) is 6.79. The molecule has 0 aliphatic heterocycles. The van der Waals surface area contributed by atoms with E-state index in [0.29, 0.717) is 12.1 Å². The number of esters is 1. The predicted octanol–water partition coefficient (Wildman–Crippen LogP) is 4.28. The number of carbonyl (C=O) groups is 2. The number of amides is 1. The summed E-state index contributed by atoms with van der Waals surface area (Å²) in [5, 5.41) is 0. The van der Waals surface area contributed by atoms with Gasteiger partial charge in [-0.05, 0) is 49.9 Å². The lowest BCUT2D eigenvalue weighted by molar-refractivity contribution is -0.145. The van der Waals surface area contributed by atoms with E-state index in [0.717, 1.165) is 31.2 Å². The van der Waals surface area contributed by atoms with Gasteiger partial charge in [0.25, 0.3) is 5.91 Å². The fourth-order valence-electron chi connectivity index (χ4n) is 3.58. The topological polar surface area (TPSA) is 46.6 Å². The lowest BCUT2D eigenvalue weighted by Crippen LogP contribution is -2.44. The van der Waals surface area contributed by atoms with Gasteiger partial charge in [-0.2, -0.15) is 0 Å². The number of methoxy groups -OCH3 is 1. The highest BCUT2D eigenvalue weighted by molar-refractivity contribution is 5.95. The standard InChI is InChI=1S/C21H31NO3/c1-15-11-12-18(13-16(15)2)20(23)22(14-17(3)21(24)25-4)19-9-7-5-6-8-10-19/h11-13,17,19H,5-10,14H2,1-4H3. The summed E-state index contributed by atoms with van der Waals surface area (Å²) in [4.78, 5) is 27.1. The van der Waals surface area contributed by atoms with Gasteiger partial charge in [-0.1, -0.05) is 38.7 Å². The first kappa shape index (κ1) is 19.5. The molecule has 1 amide bonds. The Morgan fingerprint density at radius 2 is 1.76 bits per heavy atom. The van der Waals surface area contributed by atoms with E-state index in [2.05, 4.69) is 0 Å². The van der Waals surface area contributed by atoms with E-state index in [1.165, 1.54) is 25.5 Å². The summed E-state index contributed by atoms with van der Waals surface area (Å²) in [5.74, 6) is -0.541. The Labute approximate surface area is 151 Å². The van der Waals surface area contributed by atoms with Crippen molar-refractivity contribution in [1.82, 2.24) is 4.90 Å². The molecular formula is C21H31NO3. The molecule has 0 heterocycles. The Morgan fingerprint density at radius 1 is 1.12 bits per heavy atom. The van der Waals surface area contributed by atoms with Crippen molar-refractivity contribution in [2.24, 2.45) is 5.92 Å². The van der Waals surface area contributed by atoms with E-state index >= 15 is 0 Å². The van der Waals surface area contributed by atoms with Crippen molar-refractivity contribution in [3.05, 3.63) is 34.9 Å². The Hall–Kier alpha value is -1.84. The lowest BCUT2D eigenvalue weighted by Gasteiger charge is -2.33. The van der Waals surface area contributed by atoms with Crippen LogP contribution in [0.1, 0.15) is 66.9 Å². The van der Waals surface area contributed by atoms with Crippen LogP contribution in [0, 0.1) is 19.8 Å². The molecule has 0 aromatic heterocycles. The lowest BCUT2D eigenvalue weighted by atomic mass is 10.0. The molecule has 4 nitrogen and oxygen atoms in total. The molecule has 25 heavy (non-hydrogen) atoms. The van der Waals surface area contributed by atoms with Crippen molar-refractivity contribution < 1.29 is 14.3 Å². The number of rotatable bonds is 5. The molecule has 0 spiro atoms. The highest BCUT2D eigenvalue weighted by Crippen LogP contribution is 2.25. The van der Waals surface area contributed by atoms with Crippen molar-refractivity contribution in [3.8, 4) is 0 Å². The van der Waals surface area contributed by atoms with E-state index in [1.807, 2.05) is 43.9 Å². The van der Waals surface area contributed by atoms with Gasteiger partial charge in [-0.15, -0.1) is 0 Å². The number of hydrogen-bond acceptors (Lipinski definition) is 3. The summed E-state index contributed by atoms with van der Waals surface area (Å²) in [7, 11) is 1.40. The number of nitrogens with zero attached hydrogens (tertiary/aromatic N) is 1. The van der Waals surface area contributed by atoms with Gasteiger partial charge in [0.1, 0.15) is 0 Å². The van der Waals surface area contributed by atoms with Crippen LogP contribution in [0.3, 0.4) is 0 Å². The smallest absolute Gasteiger partial charge is 0.310 e. The molecule has 1 atom stereocenters. The highest BCUT2D eigenvalue weighted by Gasteiger charge is 2.29. The first-order valence-corrected chi connectivity index (χ1v) is 9.40. The number of benzene rings is 1. The van der Waals surface area contributed by atoms with Crippen molar-refractivity contribution in [2.45, 2.75) is 65.3 Å². The second-order valence-corrected chi connectivity index (χ2v) is 7.33. The molecule has 138 valence electrons. The summed E-state index contributed by atoms with van der Waals surface area (Å²) in [6, 6.07) is 6.07. The monoisotopic (exact) mass is 345 g/mol. The maximum absolute atomic E-state index is 13.2. The quantitative estimate of drug-likeness (QED) is 0.591. The molecule has 1 aromatic carbocycles. The van der Waals surface area contributed by atoms with Crippen LogP contribution in [-0.2, 0) is 9.53 Å². The molecule has 0 N–H and O–H groups in total. The second kappa shape index (κ2) is 9.02. The van der Waals surface area contributed by atoms with Crippen molar-refractivity contribution >= 4 is 11.9 Å². The number of hydrogen-bond donors (Lipinski definition) is 0. The number of aryl methyl sites for hydroxylation is 2. The maximum atomic E-state index is 13.2. The zero-order chi connectivity index (χ0) is 18.4. The predicted molar refractivity (Wildman–Crippen MR) is 99.6 cm³/mol. The summed E-state index contributed by atoms with van der Waals surface area (Å²) >= 11 is 0. The van der Waals surface area contributed by atoms with Crippen molar-refractivity contribution in [3.63, 3.8) is 0 Å². The van der Waals surface area contributed by atoms with Crippen LogP contribution in [0.25, 0.3) is 0 Å². The molecule has 4 heteroatoms. The van der Waals surface area contributed by atoms with E-state index in [-0.39, 0.29) is 23.8 Å². The molecule has 0 bridgehead atoms. The van der Waals surface area contributed by atoms with Crippen LogP contribution in [-0.4, -0.2) is 36.5 Å². The molecule has 1 fully saturated rings. The van der Waals surface area contributed by atoms with E-state index in [9.17, 15) is 9.59 Å². The van der Waals surface area contributed by atoms with Gasteiger partial charge in [0.05, 0.1) is 13.0 Å². The number of carbonyl (C=O) groups excluding carboxylic acids is 2. The minimum Gasteiger partial charge on any atom is -0.469 e. The molecule has 0 saturated heterocycles. The third kappa shape index (κ3) is 5.07. The SMILES string of the molecule is COC(=O)C(C)CN(C(=O)c1ccc(C)c(C)c1)C1CCCCCC1. The van der Waals surface area contributed by atoms with Crippen LogP contribution < -0.4 is 0 Å². The van der Waals surface area contributed by atoms with Crippen molar-refractivity contribution in [1.29, 1.82) is 0 Å². The van der Waals surface area contributed by atoms with Gasteiger partial charge in [0.2, 0.25) is 0 Å². The van der Waals surface area contributed by atoms with Crippen molar-refractivity contribution in [2.75, 3.05) is 13.7 Å². The first-order chi connectivity index (χ1) is 11.9. The Morgan fingerprint density at radius 3 is 2.32 bits per heavy atom. The molecule has 0 radical (unpaired) electrons. The normalized spacial score (nSPS) is 16.8. The molecule has 1 aliphatic rings. The molecule has 1 saturated carbocycles. The third-order valence-electron chi connectivity index (χ3n) is 5.35. The van der Waals surface area contributed by atoms with E-state index in [4.69, 9.17) is 4.74 Å². The average molecular weight is 345 g/mol. The molecule has 1 unspecified atom stereocenters. The zero-order valence-electron chi connectivity index (χ0n) is 16.0. The Balaban J connectivity index is 2.26. The minimum absolute atomic E-state index is 0.0331. The molecule has 2 rings (SSSR count). The summed E-state index contributed by atoms with van der Waals surface area (Å²) in [6.45, 7) is 6.33.